The van der Waals surface area contributed by atoms with Crippen LogP contribution in [-0.4, -0.2) is 28.6 Å². The summed E-state index contributed by atoms with van der Waals surface area (Å²) in [6, 6.07) is 55.5. The Bertz CT molecular complexity index is 1670. The molecule has 252 valence electrons. The third kappa shape index (κ3) is 6.98. The molecule has 0 radical (unpaired) electrons. The van der Waals surface area contributed by atoms with Gasteiger partial charge in [-0.25, -0.2) is 0 Å². The molecule has 2 nitrogen and oxygen atoms in total. The molecule has 1 aliphatic carbocycles. The Kier molecular flexibility index (Phi) is 10.2. The second kappa shape index (κ2) is 14.2. The van der Waals surface area contributed by atoms with Crippen LogP contribution in [-0.2, 0) is 14.8 Å². The van der Waals surface area contributed by atoms with Crippen molar-refractivity contribution >= 4 is 26.8 Å². The van der Waals surface area contributed by atoms with Crippen molar-refractivity contribution in [2.45, 2.75) is 75.5 Å². The highest BCUT2D eigenvalue weighted by Gasteiger charge is 2.57. The standard InChI is InChI=1S/C45H52O2Si2/c1-43(2,3)49(41-30-18-10-19-31-41,42-32-20-11-21-33-42)47-44(36-48(4,5)6)34-22-29-40(44)35-46-45(37-23-12-7-13-24-37,38-25-14-8-15-26-38)39-27-16-9-17-28-39/h7-21,23-33H,22,34-36H2,1-6H3. The molecule has 0 aromatic heterocycles. The summed E-state index contributed by atoms with van der Waals surface area (Å²) < 4.78 is 15.8. The van der Waals surface area contributed by atoms with Crippen molar-refractivity contribution in [1.29, 1.82) is 0 Å². The normalized spacial score (nSPS) is 17.1. The number of hydrogen-bond donors (Lipinski definition) is 0. The molecule has 4 heteroatoms. The monoisotopic (exact) mass is 680 g/mol. The van der Waals surface area contributed by atoms with E-state index in [1.54, 1.807) is 0 Å². The van der Waals surface area contributed by atoms with Gasteiger partial charge in [-0.1, -0.05) is 198 Å². The highest BCUT2D eigenvalue weighted by Crippen LogP contribution is 2.49. The fourth-order valence-electron chi connectivity index (χ4n) is 8.12. The number of hydrogen-bond acceptors (Lipinski definition) is 2. The second-order valence-electron chi connectivity index (χ2n) is 15.8. The molecule has 5 aromatic rings. The van der Waals surface area contributed by atoms with Crippen LogP contribution < -0.4 is 10.4 Å². The average molecular weight is 681 g/mol. The van der Waals surface area contributed by atoms with E-state index in [9.17, 15) is 0 Å². The third-order valence-electron chi connectivity index (χ3n) is 10.1. The molecule has 0 aliphatic heterocycles. The Hall–Kier alpha value is -3.81. The smallest absolute Gasteiger partial charge is 0.262 e. The van der Waals surface area contributed by atoms with E-state index in [0.29, 0.717) is 6.61 Å². The van der Waals surface area contributed by atoms with Crippen molar-refractivity contribution in [3.05, 3.63) is 180 Å². The third-order valence-corrected chi connectivity index (χ3v) is 16.8. The first-order valence-corrected chi connectivity index (χ1v) is 23.4. The van der Waals surface area contributed by atoms with Gasteiger partial charge in [-0.15, -0.1) is 0 Å². The first-order valence-electron chi connectivity index (χ1n) is 17.8. The Morgan fingerprint density at radius 2 is 0.959 bits per heavy atom. The second-order valence-corrected chi connectivity index (χ2v) is 25.5. The molecule has 0 fully saturated rings. The zero-order chi connectivity index (χ0) is 34.6. The fraction of sp³-hybridized carbons (Fsp3) is 0.289. The molecular formula is C45H52O2Si2. The Balaban J connectivity index is 1.52. The van der Waals surface area contributed by atoms with Crippen LogP contribution in [0, 0.1) is 0 Å². The van der Waals surface area contributed by atoms with Crippen molar-refractivity contribution in [2.75, 3.05) is 6.61 Å². The van der Waals surface area contributed by atoms with Gasteiger partial charge in [-0.05, 0) is 56.6 Å². The number of allylic oxidation sites excluding steroid dienone is 1. The maximum absolute atomic E-state index is 8.22. The molecule has 0 saturated carbocycles. The molecule has 0 amide bonds. The first-order chi connectivity index (χ1) is 23.5. The zero-order valence-electron chi connectivity index (χ0n) is 30.2. The lowest BCUT2D eigenvalue weighted by atomic mass is 9.80. The van der Waals surface area contributed by atoms with Gasteiger partial charge in [0, 0.05) is 8.07 Å². The summed E-state index contributed by atoms with van der Waals surface area (Å²) in [4.78, 5) is 0. The van der Waals surface area contributed by atoms with Crippen LogP contribution in [0.15, 0.2) is 163 Å². The van der Waals surface area contributed by atoms with Gasteiger partial charge < -0.3 is 9.16 Å². The van der Waals surface area contributed by atoms with Crippen LogP contribution in [0.25, 0.3) is 0 Å². The first kappa shape index (κ1) is 35.0. The van der Waals surface area contributed by atoms with Gasteiger partial charge in [0.15, 0.2) is 0 Å². The molecule has 1 atom stereocenters. The Morgan fingerprint density at radius 1 is 0.571 bits per heavy atom. The maximum atomic E-state index is 8.22. The van der Waals surface area contributed by atoms with E-state index >= 15 is 0 Å². The topological polar surface area (TPSA) is 18.5 Å². The molecule has 5 aromatic carbocycles. The number of ether oxygens (including phenoxy) is 1. The highest BCUT2D eigenvalue weighted by molar-refractivity contribution is 6.99. The summed E-state index contributed by atoms with van der Waals surface area (Å²) in [7, 11) is -4.53. The van der Waals surface area contributed by atoms with Crippen molar-refractivity contribution in [3.63, 3.8) is 0 Å². The van der Waals surface area contributed by atoms with Gasteiger partial charge in [-0.2, -0.15) is 0 Å². The predicted octanol–water partition coefficient (Wildman–Crippen LogP) is 10.4. The van der Waals surface area contributed by atoms with Gasteiger partial charge in [0.1, 0.15) is 5.60 Å². The molecule has 0 N–H and O–H groups in total. The van der Waals surface area contributed by atoms with Gasteiger partial charge in [0.25, 0.3) is 8.32 Å². The summed E-state index contributed by atoms with van der Waals surface area (Å²) in [5.41, 5.74) is 3.41. The Morgan fingerprint density at radius 3 is 1.33 bits per heavy atom. The summed E-state index contributed by atoms with van der Waals surface area (Å²) in [5, 5.41) is 2.52. The minimum atomic E-state index is -2.87. The zero-order valence-corrected chi connectivity index (χ0v) is 32.2. The molecule has 0 spiro atoms. The highest BCUT2D eigenvalue weighted by atomic mass is 28.4. The number of rotatable bonds is 12. The molecule has 1 unspecified atom stereocenters. The lowest BCUT2D eigenvalue weighted by Gasteiger charge is -2.51. The fourth-order valence-corrected chi connectivity index (χ4v) is 15.3. The maximum Gasteiger partial charge on any atom is 0.262 e. The quantitative estimate of drug-likeness (QED) is 0.0742. The van der Waals surface area contributed by atoms with Crippen molar-refractivity contribution < 1.29 is 9.16 Å². The summed E-state index contributed by atoms with van der Waals surface area (Å²) in [5.74, 6) is 0. The van der Waals surface area contributed by atoms with Crippen LogP contribution in [0.4, 0.5) is 0 Å². The Labute approximate surface area is 297 Å². The van der Waals surface area contributed by atoms with Crippen molar-refractivity contribution in [3.8, 4) is 0 Å². The van der Waals surface area contributed by atoms with Gasteiger partial charge in [-0.3, -0.25) is 0 Å². The van der Waals surface area contributed by atoms with E-state index < -0.39 is 27.6 Å². The lowest BCUT2D eigenvalue weighted by molar-refractivity contribution is 0.00965. The average Bonchev–Trinajstić information content (AvgIpc) is 3.49. The molecule has 0 saturated heterocycles. The summed E-state index contributed by atoms with van der Waals surface area (Å²) >= 11 is 0. The molecule has 1 aliphatic rings. The largest absolute Gasteiger partial charge is 0.398 e. The van der Waals surface area contributed by atoms with Crippen LogP contribution in [0.2, 0.25) is 30.7 Å². The SMILES string of the molecule is CC(C)(C)[Si](OC1(C[Si](C)(C)C)CCC=C1COC(c1ccccc1)(c1ccccc1)c1ccccc1)(c1ccccc1)c1ccccc1. The van der Waals surface area contributed by atoms with Gasteiger partial charge >= 0.3 is 0 Å². The number of benzene rings is 5. The van der Waals surface area contributed by atoms with Crippen LogP contribution >= 0.6 is 0 Å². The van der Waals surface area contributed by atoms with Gasteiger partial charge in [0.2, 0.25) is 0 Å². The molecule has 49 heavy (non-hydrogen) atoms. The minimum absolute atomic E-state index is 0.126. The van der Waals surface area contributed by atoms with E-state index in [4.69, 9.17) is 9.16 Å². The van der Waals surface area contributed by atoms with Crippen molar-refractivity contribution in [1.82, 2.24) is 0 Å². The van der Waals surface area contributed by atoms with E-state index in [1.165, 1.54) is 15.9 Å². The molecule has 0 bridgehead atoms. The molecule has 6 rings (SSSR count). The lowest BCUT2D eigenvalue weighted by Crippen LogP contribution is -2.70. The predicted molar refractivity (Wildman–Crippen MR) is 212 cm³/mol. The van der Waals surface area contributed by atoms with E-state index in [1.807, 2.05) is 0 Å². The summed E-state index contributed by atoms with van der Waals surface area (Å²) in [6.45, 7) is 15.1. The van der Waals surface area contributed by atoms with Gasteiger partial charge in [0.05, 0.1) is 12.2 Å². The van der Waals surface area contributed by atoms with E-state index in [2.05, 4.69) is 198 Å². The van der Waals surface area contributed by atoms with Crippen LogP contribution in [0.1, 0.15) is 50.3 Å². The molecular weight excluding hydrogens is 629 g/mol. The molecule has 0 heterocycles. The van der Waals surface area contributed by atoms with E-state index in [0.717, 1.165) is 35.6 Å². The van der Waals surface area contributed by atoms with Crippen LogP contribution in [0.5, 0.6) is 0 Å². The summed E-state index contributed by atoms with van der Waals surface area (Å²) in [6.07, 6.45) is 4.40. The van der Waals surface area contributed by atoms with E-state index in [-0.39, 0.29) is 5.04 Å². The van der Waals surface area contributed by atoms with Crippen molar-refractivity contribution in [2.24, 2.45) is 0 Å². The van der Waals surface area contributed by atoms with Crippen LogP contribution in [0.3, 0.4) is 0 Å². The minimum Gasteiger partial charge on any atom is -0.398 e.